The molecule has 0 aliphatic carbocycles. The highest BCUT2D eigenvalue weighted by molar-refractivity contribution is 6.05. The molecule has 0 aliphatic heterocycles. The summed E-state index contributed by atoms with van der Waals surface area (Å²) in [6.07, 6.45) is 2.71. The maximum atomic E-state index is 12.1. The van der Waals surface area contributed by atoms with Crippen LogP contribution in [0.2, 0.25) is 0 Å². The first-order valence-electron chi connectivity index (χ1n) is 6.30. The van der Waals surface area contributed by atoms with Gasteiger partial charge in [0.15, 0.2) is 0 Å². The number of para-hydroxylation sites is 1. The Morgan fingerprint density at radius 1 is 1.28 bits per heavy atom. The first-order chi connectivity index (χ1) is 8.68. The minimum Gasteiger partial charge on any atom is -0.352 e. The number of rotatable bonds is 4. The Balaban J connectivity index is 2.17. The Bertz CT molecular complexity index is 544. The summed E-state index contributed by atoms with van der Waals surface area (Å²) in [4.78, 5) is 16.4. The van der Waals surface area contributed by atoms with Crippen molar-refractivity contribution in [1.82, 2.24) is 10.3 Å². The molecule has 0 saturated carbocycles. The third kappa shape index (κ3) is 2.86. The largest absolute Gasteiger partial charge is 0.352 e. The van der Waals surface area contributed by atoms with E-state index < -0.39 is 0 Å². The fourth-order valence-electron chi connectivity index (χ4n) is 1.86. The number of carbonyl (C=O) groups excluding carboxylic acids is 1. The molecule has 1 aromatic carbocycles. The van der Waals surface area contributed by atoms with Gasteiger partial charge in [-0.15, -0.1) is 0 Å². The lowest BCUT2D eigenvalue weighted by Gasteiger charge is -2.08. The van der Waals surface area contributed by atoms with E-state index in [0.717, 1.165) is 17.3 Å². The summed E-state index contributed by atoms with van der Waals surface area (Å²) in [6, 6.07) is 9.52. The highest BCUT2D eigenvalue weighted by Crippen LogP contribution is 2.15. The number of benzene rings is 1. The molecule has 0 radical (unpaired) electrons. The molecule has 2 rings (SSSR count). The lowest BCUT2D eigenvalue weighted by molar-refractivity contribution is 0.0953. The van der Waals surface area contributed by atoms with Crippen molar-refractivity contribution in [3.8, 4) is 0 Å². The van der Waals surface area contributed by atoms with Crippen molar-refractivity contribution in [3.63, 3.8) is 0 Å². The van der Waals surface area contributed by atoms with E-state index >= 15 is 0 Å². The topological polar surface area (TPSA) is 42.0 Å². The number of fused-ring (bicyclic) bond motifs is 1. The number of hydrogen-bond donors (Lipinski definition) is 1. The zero-order chi connectivity index (χ0) is 13.0. The van der Waals surface area contributed by atoms with Crippen molar-refractivity contribution >= 4 is 16.8 Å². The summed E-state index contributed by atoms with van der Waals surface area (Å²) in [5.41, 5.74) is 1.42. The average Bonchev–Trinajstić information content (AvgIpc) is 2.37. The van der Waals surface area contributed by atoms with E-state index in [1.165, 1.54) is 0 Å². The van der Waals surface area contributed by atoms with Gasteiger partial charge in [0.05, 0.1) is 11.1 Å². The zero-order valence-corrected chi connectivity index (χ0v) is 10.8. The summed E-state index contributed by atoms with van der Waals surface area (Å²) in [5, 5.41) is 3.94. The lowest BCUT2D eigenvalue weighted by atomic mass is 10.1. The van der Waals surface area contributed by atoms with Crippen molar-refractivity contribution in [2.24, 2.45) is 5.92 Å². The summed E-state index contributed by atoms with van der Waals surface area (Å²) >= 11 is 0. The Hall–Kier alpha value is -1.90. The molecule has 1 amide bonds. The number of amides is 1. The van der Waals surface area contributed by atoms with Crippen LogP contribution in [0.3, 0.4) is 0 Å². The van der Waals surface area contributed by atoms with Crippen molar-refractivity contribution in [2.45, 2.75) is 20.3 Å². The molecule has 0 aliphatic rings. The first kappa shape index (κ1) is 12.6. The minimum atomic E-state index is -0.0417. The number of hydrogen-bond acceptors (Lipinski definition) is 2. The molecule has 1 heterocycles. The Kier molecular flexibility index (Phi) is 3.92. The second-order valence-electron chi connectivity index (χ2n) is 4.82. The Morgan fingerprint density at radius 2 is 2.06 bits per heavy atom. The average molecular weight is 242 g/mol. The van der Waals surface area contributed by atoms with Crippen molar-refractivity contribution < 1.29 is 4.79 Å². The van der Waals surface area contributed by atoms with Crippen LogP contribution >= 0.6 is 0 Å². The molecule has 18 heavy (non-hydrogen) atoms. The molecule has 0 fully saturated rings. The maximum Gasteiger partial charge on any atom is 0.253 e. The highest BCUT2D eigenvalue weighted by atomic mass is 16.1. The Labute approximate surface area is 107 Å². The standard InChI is InChI=1S/C15H18N2O/c1-11(2)8-10-17-15(18)13-7-3-5-12-6-4-9-16-14(12)13/h3-7,9,11H,8,10H2,1-2H3,(H,17,18). The molecule has 3 heteroatoms. The van der Waals surface area contributed by atoms with Crippen LogP contribution in [0.15, 0.2) is 36.5 Å². The summed E-state index contributed by atoms with van der Waals surface area (Å²) in [7, 11) is 0. The third-order valence-corrected chi connectivity index (χ3v) is 2.88. The Morgan fingerprint density at radius 3 is 2.83 bits per heavy atom. The molecule has 94 valence electrons. The van der Waals surface area contributed by atoms with Crippen LogP contribution in [0.1, 0.15) is 30.6 Å². The van der Waals surface area contributed by atoms with E-state index in [2.05, 4.69) is 24.1 Å². The van der Waals surface area contributed by atoms with Gasteiger partial charge < -0.3 is 5.32 Å². The van der Waals surface area contributed by atoms with Gasteiger partial charge in [0, 0.05) is 18.1 Å². The fraction of sp³-hybridized carbons (Fsp3) is 0.333. The normalized spacial score (nSPS) is 10.8. The molecule has 0 unspecified atom stereocenters. The van der Waals surface area contributed by atoms with Crippen LogP contribution in [0.5, 0.6) is 0 Å². The number of carbonyl (C=O) groups is 1. The first-order valence-corrected chi connectivity index (χ1v) is 6.30. The SMILES string of the molecule is CC(C)CCNC(=O)c1cccc2cccnc12. The predicted octanol–water partition coefficient (Wildman–Crippen LogP) is 3.01. The second-order valence-corrected chi connectivity index (χ2v) is 4.82. The van der Waals surface area contributed by atoms with E-state index in [0.29, 0.717) is 18.0 Å². The molecular weight excluding hydrogens is 224 g/mol. The van der Waals surface area contributed by atoms with Gasteiger partial charge in [-0.05, 0) is 24.5 Å². The maximum absolute atomic E-state index is 12.1. The van der Waals surface area contributed by atoms with Gasteiger partial charge in [0.25, 0.3) is 5.91 Å². The van der Waals surface area contributed by atoms with E-state index in [-0.39, 0.29) is 5.91 Å². The summed E-state index contributed by atoms with van der Waals surface area (Å²) in [5.74, 6) is 0.552. The van der Waals surface area contributed by atoms with Crippen LogP contribution in [0, 0.1) is 5.92 Å². The monoisotopic (exact) mass is 242 g/mol. The van der Waals surface area contributed by atoms with Crippen LogP contribution < -0.4 is 5.32 Å². The fourth-order valence-corrected chi connectivity index (χ4v) is 1.86. The molecule has 1 aromatic heterocycles. The van der Waals surface area contributed by atoms with E-state index in [1.807, 2.05) is 30.3 Å². The molecular formula is C15H18N2O. The van der Waals surface area contributed by atoms with Gasteiger partial charge in [-0.3, -0.25) is 9.78 Å². The number of pyridine rings is 1. The molecule has 0 spiro atoms. The molecule has 0 bridgehead atoms. The quantitative estimate of drug-likeness (QED) is 0.895. The number of nitrogens with zero attached hydrogens (tertiary/aromatic N) is 1. The van der Waals surface area contributed by atoms with Crippen LogP contribution in [0.25, 0.3) is 10.9 Å². The lowest BCUT2D eigenvalue weighted by Crippen LogP contribution is -2.25. The van der Waals surface area contributed by atoms with Crippen LogP contribution in [-0.2, 0) is 0 Å². The number of nitrogens with one attached hydrogen (secondary N) is 1. The molecule has 2 aromatic rings. The third-order valence-electron chi connectivity index (χ3n) is 2.88. The second kappa shape index (κ2) is 5.63. The highest BCUT2D eigenvalue weighted by Gasteiger charge is 2.09. The van der Waals surface area contributed by atoms with Gasteiger partial charge in [-0.25, -0.2) is 0 Å². The summed E-state index contributed by atoms with van der Waals surface area (Å²) < 4.78 is 0. The minimum absolute atomic E-state index is 0.0417. The zero-order valence-electron chi connectivity index (χ0n) is 10.8. The van der Waals surface area contributed by atoms with Crippen molar-refractivity contribution in [3.05, 3.63) is 42.1 Å². The van der Waals surface area contributed by atoms with Gasteiger partial charge in [-0.1, -0.05) is 32.0 Å². The molecule has 3 nitrogen and oxygen atoms in total. The smallest absolute Gasteiger partial charge is 0.253 e. The number of aromatic nitrogens is 1. The molecule has 0 atom stereocenters. The van der Waals surface area contributed by atoms with Gasteiger partial charge in [0.2, 0.25) is 0 Å². The van der Waals surface area contributed by atoms with Gasteiger partial charge >= 0.3 is 0 Å². The van der Waals surface area contributed by atoms with Gasteiger partial charge in [-0.2, -0.15) is 0 Å². The van der Waals surface area contributed by atoms with E-state index in [4.69, 9.17) is 0 Å². The predicted molar refractivity (Wildman–Crippen MR) is 73.5 cm³/mol. The van der Waals surface area contributed by atoms with E-state index in [9.17, 15) is 4.79 Å². The van der Waals surface area contributed by atoms with Crippen LogP contribution in [0.4, 0.5) is 0 Å². The van der Waals surface area contributed by atoms with Crippen LogP contribution in [-0.4, -0.2) is 17.4 Å². The van der Waals surface area contributed by atoms with E-state index in [1.54, 1.807) is 6.20 Å². The van der Waals surface area contributed by atoms with Crippen molar-refractivity contribution in [1.29, 1.82) is 0 Å². The molecule has 1 N–H and O–H groups in total. The molecule has 0 saturated heterocycles. The van der Waals surface area contributed by atoms with Gasteiger partial charge in [0.1, 0.15) is 0 Å². The summed E-state index contributed by atoms with van der Waals surface area (Å²) in [6.45, 7) is 5.00. The van der Waals surface area contributed by atoms with Crippen molar-refractivity contribution in [2.75, 3.05) is 6.54 Å².